The number of halogens is 2. The lowest BCUT2D eigenvalue weighted by Crippen LogP contribution is -2.54. The number of nitrogens with zero attached hydrogens (tertiary/aromatic N) is 7. The molecule has 5 aromatic rings. The summed E-state index contributed by atoms with van der Waals surface area (Å²) in [6, 6.07) is 12.0. The molecule has 8 heterocycles. The number of piperazine rings is 1. The number of rotatable bonds is 16. The maximum Gasteiger partial charge on any atom is 0.409 e. The standard InChI is InChI=1S/C57H58F2N10O8/c1-4-37-41(58)19-16-33-11-9-12-38(46(33)37)49-48(59)50-40(26-60-49)51(67-28-34-17-18-35(29-67)61-34)65-55(64-50)77-31-57-23-22-36(68(57)27-32(2)25-57)30-76-56(75)66(3)24-8-6-5-7-15-44(70)62-42-14-10-13-39-47(42)54(74)69(53(39)73)43-20-21-45(71)63-52(43)72/h1,9-14,16,19,26,34-36,43,61H,2,5-8,15,17-18,20-25,27-31H2,3H3,(H,62,70)(H,63,71,72). The first-order valence-corrected chi connectivity index (χ1v) is 26.3. The van der Waals surface area contributed by atoms with E-state index in [1.807, 2.05) is 0 Å². The number of unbranched alkanes of at least 4 members (excludes halogenated alkanes) is 3. The van der Waals surface area contributed by atoms with Gasteiger partial charge in [0, 0.05) is 81.3 Å². The Morgan fingerprint density at radius 3 is 2.53 bits per heavy atom. The number of piperidine rings is 1. The lowest BCUT2D eigenvalue weighted by molar-refractivity contribution is -0.136. The number of hydrogen-bond donors (Lipinski definition) is 3. The summed E-state index contributed by atoms with van der Waals surface area (Å²) in [4.78, 5) is 98.2. The van der Waals surface area contributed by atoms with Gasteiger partial charge in [-0.1, -0.05) is 61.2 Å². The van der Waals surface area contributed by atoms with Crippen LogP contribution in [0.4, 0.5) is 25.1 Å². The molecule has 0 spiro atoms. The minimum atomic E-state index is -1.11. The minimum absolute atomic E-state index is 0.0000818. The summed E-state index contributed by atoms with van der Waals surface area (Å²) in [5, 5.41) is 10.0. The first kappa shape index (κ1) is 51.2. The van der Waals surface area contributed by atoms with Gasteiger partial charge in [0.05, 0.1) is 33.3 Å². The van der Waals surface area contributed by atoms with Crippen LogP contribution >= 0.6 is 0 Å². The third kappa shape index (κ3) is 9.71. The zero-order chi connectivity index (χ0) is 53.7. The monoisotopic (exact) mass is 1050 g/mol. The number of aromatic nitrogens is 3. The number of ether oxygens (including phenoxy) is 2. The minimum Gasteiger partial charge on any atom is -0.461 e. The molecule has 6 aliphatic rings. The van der Waals surface area contributed by atoms with Gasteiger partial charge in [-0.2, -0.15) is 9.97 Å². The van der Waals surface area contributed by atoms with Crippen molar-refractivity contribution in [3.63, 3.8) is 0 Å². The zero-order valence-electron chi connectivity index (χ0n) is 42.7. The van der Waals surface area contributed by atoms with Crippen molar-refractivity contribution in [3.8, 4) is 29.6 Å². The van der Waals surface area contributed by atoms with Gasteiger partial charge in [-0.15, -0.1) is 6.42 Å². The van der Waals surface area contributed by atoms with Crippen molar-refractivity contribution in [1.82, 2.24) is 40.3 Å². The van der Waals surface area contributed by atoms with Gasteiger partial charge in [-0.05, 0) is 75.0 Å². The summed E-state index contributed by atoms with van der Waals surface area (Å²) in [6.07, 6.45) is 13.9. The van der Waals surface area contributed by atoms with Crippen LogP contribution in [-0.2, 0) is 19.1 Å². The van der Waals surface area contributed by atoms with E-state index in [4.69, 9.17) is 25.9 Å². The molecule has 2 bridgehead atoms. The second kappa shape index (κ2) is 20.9. The second-order valence-electron chi connectivity index (χ2n) is 21.2. The fourth-order valence-electron chi connectivity index (χ4n) is 12.3. The van der Waals surface area contributed by atoms with E-state index >= 15 is 8.78 Å². The summed E-state index contributed by atoms with van der Waals surface area (Å²) < 4.78 is 44.7. The highest BCUT2D eigenvalue weighted by atomic mass is 19.1. The average Bonchev–Trinajstić information content (AvgIpc) is 4.23. The van der Waals surface area contributed by atoms with Crippen molar-refractivity contribution in [3.05, 3.63) is 95.2 Å². The Hall–Kier alpha value is -7.89. The number of imide groups is 2. The molecule has 6 amide bonds. The Balaban J connectivity index is 0.690. The second-order valence-corrected chi connectivity index (χ2v) is 21.2. The van der Waals surface area contributed by atoms with Gasteiger partial charge in [-0.3, -0.25) is 44.1 Å². The molecule has 11 rings (SSSR count). The molecule has 5 saturated heterocycles. The maximum atomic E-state index is 17.2. The van der Waals surface area contributed by atoms with Crippen LogP contribution in [0.3, 0.4) is 0 Å². The van der Waals surface area contributed by atoms with E-state index in [1.54, 1.807) is 48.5 Å². The molecule has 2 aromatic heterocycles. The maximum absolute atomic E-state index is 17.2. The number of fused-ring (bicyclic) bond motifs is 6. The van der Waals surface area contributed by atoms with E-state index in [1.165, 1.54) is 18.2 Å². The molecule has 0 aliphatic carbocycles. The van der Waals surface area contributed by atoms with E-state index < -0.39 is 52.9 Å². The number of carbonyl (C=O) groups excluding carboxylic acids is 6. The third-order valence-electron chi connectivity index (χ3n) is 16.1. The Morgan fingerprint density at radius 2 is 1.74 bits per heavy atom. The lowest BCUT2D eigenvalue weighted by Gasteiger charge is -2.35. The van der Waals surface area contributed by atoms with E-state index in [-0.39, 0.29) is 96.1 Å². The van der Waals surface area contributed by atoms with E-state index in [0.29, 0.717) is 79.4 Å². The highest BCUT2D eigenvalue weighted by Crippen LogP contribution is 2.45. The van der Waals surface area contributed by atoms with Gasteiger partial charge < -0.3 is 29.9 Å². The number of carbonyl (C=O) groups is 6. The summed E-state index contributed by atoms with van der Waals surface area (Å²) in [6.45, 7) is 7.04. The van der Waals surface area contributed by atoms with Crippen molar-refractivity contribution < 1.29 is 47.0 Å². The molecular formula is C57H58F2N10O8. The molecule has 398 valence electrons. The predicted octanol–water partition coefficient (Wildman–Crippen LogP) is 6.65. The number of amides is 6. The van der Waals surface area contributed by atoms with E-state index in [2.05, 4.69) is 43.2 Å². The van der Waals surface area contributed by atoms with Gasteiger partial charge in [0.1, 0.15) is 42.1 Å². The van der Waals surface area contributed by atoms with Crippen molar-refractivity contribution in [2.45, 2.75) is 107 Å². The molecule has 20 heteroatoms. The fraction of sp³-hybridized carbons (Fsp3) is 0.421. The Morgan fingerprint density at radius 1 is 0.961 bits per heavy atom. The largest absolute Gasteiger partial charge is 0.461 e. The third-order valence-corrected chi connectivity index (χ3v) is 16.1. The fourth-order valence-corrected chi connectivity index (χ4v) is 12.3. The van der Waals surface area contributed by atoms with Crippen LogP contribution in [0.2, 0.25) is 0 Å². The van der Waals surface area contributed by atoms with Gasteiger partial charge in [0.25, 0.3) is 11.8 Å². The molecule has 5 unspecified atom stereocenters. The first-order chi connectivity index (χ1) is 37.2. The highest BCUT2D eigenvalue weighted by molar-refractivity contribution is 6.26. The van der Waals surface area contributed by atoms with Crippen molar-refractivity contribution in [1.29, 1.82) is 0 Å². The van der Waals surface area contributed by atoms with Crippen LogP contribution in [0, 0.1) is 24.0 Å². The molecule has 18 nitrogen and oxygen atoms in total. The number of pyridine rings is 1. The van der Waals surface area contributed by atoms with E-state index in [9.17, 15) is 28.8 Å². The zero-order valence-corrected chi connectivity index (χ0v) is 42.7. The average molecular weight is 1050 g/mol. The van der Waals surface area contributed by atoms with Crippen LogP contribution in [-0.4, -0.2) is 141 Å². The first-order valence-electron chi connectivity index (χ1n) is 26.3. The normalized spacial score (nSPS) is 22.9. The number of hydrogen-bond acceptors (Lipinski definition) is 14. The summed E-state index contributed by atoms with van der Waals surface area (Å²) >= 11 is 0. The summed E-state index contributed by atoms with van der Waals surface area (Å²) in [5.41, 5.74) is 1.18. The van der Waals surface area contributed by atoms with Crippen LogP contribution < -0.4 is 25.6 Å². The molecule has 5 fully saturated rings. The van der Waals surface area contributed by atoms with Gasteiger partial charge >= 0.3 is 12.1 Å². The van der Waals surface area contributed by atoms with Gasteiger partial charge in [0.15, 0.2) is 5.82 Å². The number of nitrogens with one attached hydrogen (secondary N) is 3. The number of benzene rings is 3. The Labute approximate surface area is 442 Å². The SMILES string of the molecule is C#Cc1c(F)ccc2cccc(-c3ncc4c(N5CC6CCC(C5)N6)nc(OCC56CCC(COC(=O)N(C)CCCCCCC(=O)Nc7cccc8c7C(=O)N(C7CCC(=O)NC7=O)C8=O)N5CC(=C)C6)nc4c3F)c12. The van der Waals surface area contributed by atoms with E-state index in [0.717, 1.165) is 42.6 Å². The quantitative estimate of drug-likeness (QED) is 0.0410. The van der Waals surface area contributed by atoms with Crippen molar-refractivity contribution >= 4 is 68.8 Å². The smallest absolute Gasteiger partial charge is 0.409 e. The molecule has 77 heavy (non-hydrogen) atoms. The summed E-state index contributed by atoms with van der Waals surface area (Å²) in [5.74, 6) is -1.18. The molecule has 0 radical (unpaired) electrons. The van der Waals surface area contributed by atoms with Gasteiger partial charge in [-0.25, -0.2) is 13.6 Å². The van der Waals surface area contributed by atoms with Gasteiger partial charge in [0.2, 0.25) is 17.7 Å². The predicted molar refractivity (Wildman–Crippen MR) is 281 cm³/mol. The molecule has 3 N–H and O–H groups in total. The van der Waals surface area contributed by atoms with Crippen LogP contribution in [0.5, 0.6) is 6.01 Å². The summed E-state index contributed by atoms with van der Waals surface area (Å²) in [7, 11) is 1.69. The lowest BCUT2D eigenvalue weighted by atomic mass is 9.94. The molecule has 6 aliphatic heterocycles. The van der Waals surface area contributed by atoms with Crippen molar-refractivity contribution in [2.24, 2.45) is 0 Å². The number of terminal acetylenes is 1. The number of anilines is 2. The Bertz CT molecular complexity index is 3340. The van der Waals surface area contributed by atoms with Crippen LogP contribution in [0.1, 0.15) is 103 Å². The molecule has 0 saturated carbocycles. The van der Waals surface area contributed by atoms with Crippen LogP contribution in [0.25, 0.3) is 32.9 Å². The van der Waals surface area contributed by atoms with Crippen molar-refractivity contribution in [2.75, 3.05) is 56.7 Å². The van der Waals surface area contributed by atoms with Crippen LogP contribution in [0.15, 0.2) is 66.9 Å². The Kier molecular flexibility index (Phi) is 13.9. The topological polar surface area (TPSA) is 209 Å². The highest BCUT2D eigenvalue weighted by Gasteiger charge is 2.52. The molecule has 5 atom stereocenters. The molecule has 3 aromatic carbocycles. The molecular weight excluding hydrogens is 991 g/mol.